The molecule has 9 heteroatoms. The number of phenolic OH excluding ortho intramolecular Hbond substituents is 1. The molecule has 26 heavy (non-hydrogen) atoms. The highest BCUT2D eigenvalue weighted by molar-refractivity contribution is 7.98. The molecule has 1 unspecified atom stereocenters. The standard InChI is InChI=1S/C17H18N6O2S/c18-15(16(19)25)9-11-2-1-3-12(8-11)10-26-17-20-21-22-23(17)13-4-6-14(24)7-5-13/h1-8,15,24H,9-10,18H2,(H2,19,25). The van der Waals surface area contributed by atoms with E-state index in [1.165, 1.54) is 11.8 Å². The Morgan fingerprint density at radius 3 is 2.65 bits per heavy atom. The van der Waals surface area contributed by atoms with Crippen LogP contribution in [0.1, 0.15) is 11.1 Å². The van der Waals surface area contributed by atoms with Crippen LogP contribution in [-0.2, 0) is 17.0 Å². The third-order valence-electron chi connectivity index (χ3n) is 3.72. The molecule has 134 valence electrons. The van der Waals surface area contributed by atoms with Gasteiger partial charge in [0.1, 0.15) is 5.75 Å². The van der Waals surface area contributed by atoms with Crippen LogP contribution in [0.4, 0.5) is 0 Å². The van der Waals surface area contributed by atoms with E-state index in [9.17, 15) is 9.90 Å². The van der Waals surface area contributed by atoms with Crippen LogP contribution in [0.15, 0.2) is 53.7 Å². The summed E-state index contributed by atoms with van der Waals surface area (Å²) >= 11 is 1.48. The van der Waals surface area contributed by atoms with Gasteiger partial charge in [0.25, 0.3) is 0 Å². The molecule has 0 aliphatic rings. The molecule has 0 spiro atoms. The molecule has 1 amide bonds. The zero-order valence-corrected chi connectivity index (χ0v) is 14.6. The normalized spacial score (nSPS) is 12.0. The van der Waals surface area contributed by atoms with Gasteiger partial charge >= 0.3 is 0 Å². The SMILES string of the molecule is NC(=O)C(N)Cc1cccc(CSc2nnnn2-c2ccc(O)cc2)c1. The number of phenols is 1. The van der Waals surface area contributed by atoms with E-state index in [0.717, 1.165) is 16.8 Å². The maximum atomic E-state index is 11.1. The number of amides is 1. The number of aromatic nitrogens is 4. The molecule has 3 rings (SSSR count). The van der Waals surface area contributed by atoms with Gasteiger partial charge in [-0.25, -0.2) is 0 Å². The van der Waals surface area contributed by atoms with E-state index >= 15 is 0 Å². The van der Waals surface area contributed by atoms with Gasteiger partial charge in [0.2, 0.25) is 11.1 Å². The van der Waals surface area contributed by atoms with E-state index in [2.05, 4.69) is 15.5 Å². The molecule has 5 N–H and O–H groups in total. The lowest BCUT2D eigenvalue weighted by Gasteiger charge is -2.09. The molecule has 0 saturated heterocycles. The van der Waals surface area contributed by atoms with Crippen LogP contribution in [-0.4, -0.2) is 37.3 Å². The Kier molecular flexibility index (Phi) is 5.49. The van der Waals surface area contributed by atoms with Crippen molar-refractivity contribution in [1.29, 1.82) is 0 Å². The summed E-state index contributed by atoms with van der Waals surface area (Å²) in [6.07, 6.45) is 0.402. The van der Waals surface area contributed by atoms with Crippen LogP contribution in [0.5, 0.6) is 5.75 Å². The van der Waals surface area contributed by atoms with Crippen molar-refractivity contribution < 1.29 is 9.90 Å². The van der Waals surface area contributed by atoms with Crippen LogP contribution in [0.25, 0.3) is 5.69 Å². The average Bonchev–Trinajstić information content (AvgIpc) is 3.09. The molecule has 0 aliphatic heterocycles. The van der Waals surface area contributed by atoms with Gasteiger partial charge in [0.15, 0.2) is 0 Å². The van der Waals surface area contributed by atoms with E-state index in [-0.39, 0.29) is 5.75 Å². The van der Waals surface area contributed by atoms with E-state index in [4.69, 9.17) is 11.5 Å². The molecule has 0 radical (unpaired) electrons. The number of hydrogen-bond donors (Lipinski definition) is 3. The van der Waals surface area contributed by atoms with E-state index in [0.29, 0.717) is 17.3 Å². The number of rotatable bonds is 7. The Morgan fingerprint density at radius 2 is 1.92 bits per heavy atom. The fraction of sp³-hybridized carbons (Fsp3) is 0.176. The zero-order chi connectivity index (χ0) is 18.5. The van der Waals surface area contributed by atoms with Gasteiger partial charge in [-0.15, -0.1) is 5.10 Å². The molecule has 1 atom stereocenters. The highest BCUT2D eigenvalue weighted by atomic mass is 32.2. The summed E-state index contributed by atoms with van der Waals surface area (Å²) in [5, 5.41) is 21.8. The Labute approximate surface area is 154 Å². The minimum atomic E-state index is -0.695. The van der Waals surface area contributed by atoms with Crippen molar-refractivity contribution in [2.24, 2.45) is 11.5 Å². The topological polar surface area (TPSA) is 133 Å². The van der Waals surface area contributed by atoms with Gasteiger partial charge in [-0.2, -0.15) is 4.68 Å². The van der Waals surface area contributed by atoms with Crippen LogP contribution in [0.3, 0.4) is 0 Å². The van der Waals surface area contributed by atoms with Crippen molar-refractivity contribution in [3.05, 3.63) is 59.7 Å². The molecule has 2 aromatic carbocycles. The second kappa shape index (κ2) is 7.98. The zero-order valence-electron chi connectivity index (χ0n) is 13.8. The largest absolute Gasteiger partial charge is 0.508 e. The van der Waals surface area contributed by atoms with Crippen molar-refractivity contribution in [2.45, 2.75) is 23.4 Å². The summed E-state index contributed by atoms with van der Waals surface area (Å²) in [5.41, 5.74) is 13.7. The molecule has 0 saturated carbocycles. The molecule has 0 fully saturated rings. The Balaban J connectivity index is 1.69. The first-order valence-corrected chi connectivity index (χ1v) is 8.85. The molecule has 3 aromatic rings. The average molecular weight is 370 g/mol. The smallest absolute Gasteiger partial charge is 0.234 e. The second-order valence-electron chi connectivity index (χ2n) is 5.71. The van der Waals surface area contributed by atoms with Crippen LogP contribution < -0.4 is 11.5 Å². The number of nitrogens with two attached hydrogens (primary N) is 2. The number of benzene rings is 2. The highest BCUT2D eigenvalue weighted by Crippen LogP contribution is 2.23. The first-order valence-electron chi connectivity index (χ1n) is 7.86. The van der Waals surface area contributed by atoms with Gasteiger partial charge in [-0.3, -0.25) is 4.79 Å². The lowest BCUT2D eigenvalue weighted by molar-refractivity contribution is -0.119. The summed E-state index contributed by atoms with van der Waals surface area (Å²) in [4.78, 5) is 11.1. The van der Waals surface area contributed by atoms with Gasteiger partial charge in [-0.1, -0.05) is 36.0 Å². The van der Waals surface area contributed by atoms with Crippen molar-refractivity contribution in [2.75, 3.05) is 0 Å². The van der Waals surface area contributed by atoms with Crippen molar-refractivity contribution >= 4 is 17.7 Å². The predicted octanol–water partition coefficient (Wildman–Crippen LogP) is 1.02. The summed E-state index contributed by atoms with van der Waals surface area (Å²) < 4.78 is 1.61. The van der Waals surface area contributed by atoms with Crippen molar-refractivity contribution in [1.82, 2.24) is 20.2 Å². The molecular weight excluding hydrogens is 352 g/mol. The van der Waals surface area contributed by atoms with E-state index in [1.807, 2.05) is 24.3 Å². The van der Waals surface area contributed by atoms with E-state index in [1.54, 1.807) is 28.9 Å². The predicted molar refractivity (Wildman–Crippen MR) is 97.7 cm³/mol. The number of tetrazole rings is 1. The molecule has 0 bridgehead atoms. The number of carbonyl (C=O) groups excluding carboxylic acids is 1. The second-order valence-corrected chi connectivity index (χ2v) is 6.65. The Hall–Kier alpha value is -2.91. The van der Waals surface area contributed by atoms with Crippen LogP contribution in [0, 0.1) is 0 Å². The third kappa shape index (κ3) is 4.38. The Bertz CT molecular complexity index is 896. The number of hydrogen-bond acceptors (Lipinski definition) is 7. The summed E-state index contributed by atoms with van der Waals surface area (Å²) in [6, 6.07) is 13.8. The summed E-state index contributed by atoms with van der Waals surface area (Å²) in [7, 11) is 0. The minimum absolute atomic E-state index is 0.182. The maximum absolute atomic E-state index is 11.1. The van der Waals surface area contributed by atoms with Gasteiger partial charge < -0.3 is 16.6 Å². The fourth-order valence-electron chi connectivity index (χ4n) is 2.37. The monoisotopic (exact) mass is 370 g/mol. The van der Waals surface area contributed by atoms with Gasteiger partial charge in [0.05, 0.1) is 11.7 Å². The van der Waals surface area contributed by atoms with Crippen LogP contribution in [0.2, 0.25) is 0 Å². The number of thioether (sulfide) groups is 1. The summed E-state index contributed by atoms with van der Waals surface area (Å²) in [6.45, 7) is 0. The lowest BCUT2D eigenvalue weighted by Crippen LogP contribution is -2.38. The van der Waals surface area contributed by atoms with Gasteiger partial charge in [0, 0.05) is 5.75 Å². The molecule has 0 aliphatic carbocycles. The molecule has 1 aromatic heterocycles. The van der Waals surface area contributed by atoms with E-state index < -0.39 is 11.9 Å². The van der Waals surface area contributed by atoms with Crippen molar-refractivity contribution in [3.8, 4) is 11.4 Å². The van der Waals surface area contributed by atoms with Crippen LogP contribution >= 0.6 is 11.8 Å². The van der Waals surface area contributed by atoms with Gasteiger partial charge in [-0.05, 0) is 52.2 Å². The number of carbonyl (C=O) groups is 1. The fourth-order valence-corrected chi connectivity index (χ4v) is 3.21. The first kappa shape index (κ1) is 17.9. The van der Waals surface area contributed by atoms with Crippen molar-refractivity contribution in [3.63, 3.8) is 0 Å². The molecule has 1 heterocycles. The minimum Gasteiger partial charge on any atom is -0.508 e. The quantitative estimate of drug-likeness (QED) is 0.529. The molecular formula is C17H18N6O2S. The Morgan fingerprint density at radius 1 is 1.19 bits per heavy atom. The maximum Gasteiger partial charge on any atom is 0.234 e. The third-order valence-corrected chi connectivity index (χ3v) is 4.71. The number of primary amides is 1. The number of aromatic hydroxyl groups is 1. The first-order chi connectivity index (χ1) is 12.5. The molecule has 8 nitrogen and oxygen atoms in total. The lowest BCUT2D eigenvalue weighted by atomic mass is 10.0. The summed E-state index contributed by atoms with van der Waals surface area (Å²) in [5.74, 6) is 0.317. The highest BCUT2D eigenvalue weighted by Gasteiger charge is 2.12. The number of nitrogens with zero attached hydrogens (tertiary/aromatic N) is 4.